The molecule has 0 aliphatic heterocycles. The molecule has 19 heavy (non-hydrogen) atoms. The largest absolute Gasteiger partial charge is 0.398 e. The number of nitrogen functional groups attached to an aromatic ring is 1. The van der Waals surface area contributed by atoms with E-state index in [4.69, 9.17) is 22.1 Å². The van der Waals surface area contributed by atoms with Crippen molar-refractivity contribution in [3.63, 3.8) is 0 Å². The maximum absolute atomic E-state index is 12.3. The summed E-state index contributed by atoms with van der Waals surface area (Å²) in [6.45, 7) is 2.34. The first-order valence-corrected chi connectivity index (χ1v) is 7.29. The van der Waals surface area contributed by atoms with Gasteiger partial charge in [-0.25, -0.2) is 0 Å². The van der Waals surface area contributed by atoms with Crippen molar-refractivity contribution >= 4 is 34.0 Å². The van der Waals surface area contributed by atoms with E-state index in [-0.39, 0.29) is 5.91 Å². The summed E-state index contributed by atoms with van der Waals surface area (Å²) in [6, 6.07) is 4.87. The van der Waals surface area contributed by atoms with Crippen LogP contribution < -0.4 is 11.1 Å². The summed E-state index contributed by atoms with van der Waals surface area (Å²) in [5.41, 5.74) is 6.07. The Bertz CT molecular complexity index is 462. The average Bonchev–Trinajstić information content (AvgIpc) is 2.37. The lowest BCUT2D eigenvalue weighted by atomic mass is 10.3. The van der Waals surface area contributed by atoms with E-state index < -0.39 is 16.0 Å². The van der Waals surface area contributed by atoms with Crippen LogP contribution in [0.4, 0.5) is 5.69 Å². The molecular weight excluding hydrogens is 288 g/mol. The molecule has 0 aliphatic rings. The molecule has 1 rings (SSSR count). The van der Waals surface area contributed by atoms with E-state index in [1.54, 1.807) is 25.1 Å². The predicted octanol–water partition coefficient (Wildman–Crippen LogP) is 1.18. The normalized spacial score (nSPS) is 13.8. The molecule has 0 heterocycles. The average molecular weight is 305 g/mol. The lowest BCUT2D eigenvalue weighted by Crippen LogP contribution is -2.37. The van der Waals surface area contributed by atoms with Gasteiger partial charge in [-0.3, -0.25) is 9.00 Å². The highest BCUT2D eigenvalue weighted by Gasteiger charge is 2.24. The SMILES string of the molecule is COCCNC(=O)C(C)S(=O)c1c(N)cccc1Cl. The Morgan fingerprint density at radius 3 is 2.84 bits per heavy atom. The van der Waals surface area contributed by atoms with Gasteiger partial charge in [0, 0.05) is 19.3 Å². The third-order valence-corrected chi connectivity index (χ3v) is 4.64. The maximum Gasteiger partial charge on any atom is 0.235 e. The Labute approximate surface area is 119 Å². The van der Waals surface area contributed by atoms with Gasteiger partial charge in [-0.05, 0) is 19.1 Å². The molecule has 0 aliphatic carbocycles. The van der Waals surface area contributed by atoms with E-state index >= 15 is 0 Å². The minimum Gasteiger partial charge on any atom is -0.398 e. The first-order valence-electron chi connectivity index (χ1n) is 5.70. The second-order valence-electron chi connectivity index (χ2n) is 3.88. The van der Waals surface area contributed by atoms with Gasteiger partial charge in [0.2, 0.25) is 5.91 Å². The first kappa shape index (κ1) is 15.9. The van der Waals surface area contributed by atoms with Crippen LogP contribution in [0, 0.1) is 0 Å². The number of halogens is 1. The molecule has 0 fully saturated rings. The third-order valence-electron chi connectivity index (χ3n) is 2.49. The van der Waals surface area contributed by atoms with Crippen molar-refractivity contribution in [2.75, 3.05) is 26.0 Å². The molecule has 1 amide bonds. The molecule has 5 nitrogen and oxygen atoms in total. The van der Waals surface area contributed by atoms with E-state index in [2.05, 4.69) is 5.32 Å². The standard InChI is InChI=1S/C12H17ClN2O3S/c1-8(12(16)15-6-7-18-2)19(17)11-9(13)4-3-5-10(11)14/h3-5,8H,6-7,14H2,1-2H3,(H,15,16). The second kappa shape index (κ2) is 7.47. The molecule has 2 unspecified atom stereocenters. The van der Waals surface area contributed by atoms with Crippen LogP contribution >= 0.6 is 11.6 Å². The summed E-state index contributed by atoms with van der Waals surface area (Å²) in [5.74, 6) is -0.324. The fourth-order valence-corrected chi connectivity index (χ4v) is 3.03. The van der Waals surface area contributed by atoms with E-state index in [1.807, 2.05) is 0 Å². The molecule has 0 spiro atoms. The highest BCUT2D eigenvalue weighted by Crippen LogP contribution is 2.27. The minimum absolute atomic E-state index is 0.301. The Morgan fingerprint density at radius 2 is 2.26 bits per heavy atom. The van der Waals surface area contributed by atoms with Gasteiger partial charge in [0.05, 0.1) is 27.3 Å². The number of methoxy groups -OCH3 is 1. The molecule has 0 radical (unpaired) electrons. The predicted molar refractivity (Wildman–Crippen MR) is 76.6 cm³/mol. The fraction of sp³-hybridized carbons (Fsp3) is 0.417. The van der Waals surface area contributed by atoms with E-state index in [1.165, 1.54) is 7.11 Å². The van der Waals surface area contributed by atoms with E-state index in [0.29, 0.717) is 28.8 Å². The van der Waals surface area contributed by atoms with Crippen LogP contribution in [0.1, 0.15) is 6.92 Å². The van der Waals surface area contributed by atoms with Crippen LogP contribution in [0.25, 0.3) is 0 Å². The fourth-order valence-electron chi connectivity index (χ4n) is 1.43. The van der Waals surface area contributed by atoms with Gasteiger partial charge in [0.25, 0.3) is 0 Å². The first-order chi connectivity index (χ1) is 8.99. The van der Waals surface area contributed by atoms with Crippen molar-refractivity contribution < 1.29 is 13.7 Å². The number of hydrogen-bond acceptors (Lipinski definition) is 4. The third kappa shape index (κ3) is 4.19. The number of nitrogens with one attached hydrogen (secondary N) is 1. The van der Waals surface area contributed by atoms with Crippen molar-refractivity contribution in [2.24, 2.45) is 0 Å². The summed E-state index contributed by atoms with van der Waals surface area (Å²) >= 11 is 5.98. The van der Waals surface area contributed by atoms with Gasteiger partial charge in [0.15, 0.2) is 0 Å². The molecule has 3 N–H and O–H groups in total. The van der Waals surface area contributed by atoms with Crippen LogP contribution in [0.15, 0.2) is 23.1 Å². The highest BCUT2D eigenvalue weighted by atomic mass is 35.5. The van der Waals surface area contributed by atoms with Crippen LogP contribution in [0.5, 0.6) is 0 Å². The Balaban J connectivity index is 2.79. The number of benzene rings is 1. The molecule has 1 aromatic rings. The van der Waals surface area contributed by atoms with Crippen molar-refractivity contribution in [1.29, 1.82) is 0 Å². The molecule has 2 atom stereocenters. The van der Waals surface area contributed by atoms with Crippen LogP contribution in [0.2, 0.25) is 5.02 Å². The van der Waals surface area contributed by atoms with Crippen LogP contribution in [0.3, 0.4) is 0 Å². The lowest BCUT2D eigenvalue weighted by molar-refractivity contribution is -0.120. The maximum atomic E-state index is 12.3. The summed E-state index contributed by atoms with van der Waals surface area (Å²) in [5, 5.41) is 2.20. The zero-order valence-electron chi connectivity index (χ0n) is 10.8. The van der Waals surface area contributed by atoms with Gasteiger partial charge in [-0.2, -0.15) is 0 Å². The van der Waals surface area contributed by atoms with Crippen LogP contribution in [-0.2, 0) is 20.3 Å². The van der Waals surface area contributed by atoms with Gasteiger partial charge in [-0.1, -0.05) is 17.7 Å². The quantitative estimate of drug-likeness (QED) is 0.611. The molecule has 106 valence electrons. The highest BCUT2D eigenvalue weighted by molar-refractivity contribution is 7.86. The zero-order chi connectivity index (χ0) is 14.4. The summed E-state index contributed by atoms with van der Waals surface area (Å²) < 4.78 is 17.1. The molecule has 0 saturated carbocycles. The number of ether oxygens (including phenoxy) is 1. The van der Waals surface area contributed by atoms with Crippen molar-refractivity contribution in [3.05, 3.63) is 23.2 Å². The number of hydrogen-bond donors (Lipinski definition) is 2. The summed E-state index contributed by atoms with van der Waals surface area (Å²) in [4.78, 5) is 12.1. The second-order valence-corrected chi connectivity index (χ2v) is 6.00. The Hall–Kier alpha value is -1.11. The molecule has 0 saturated heterocycles. The number of amides is 1. The zero-order valence-corrected chi connectivity index (χ0v) is 12.4. The van der Waals surface area contributed by atoms with Gasteiger partial charge < -0.3 is 15.8 Å². The van der Waals surface area contributed by atoms with Gasteiger partial charge in [0.1, 0.15) is 5.25 Å². The molecule has 0 aromatic heterocycles. The smallest absolute Gasteiger partial charge is 0.235 e. The molecule has 0 bridgehead atoms. The van der Waals surface area contributed by atoms with Gasteiger partial charge >= 0.3 is 0 Å². The number of carbonyl (C=O) groups excluding carboxylic acids is 1. The summed E-state index contributed by atoms with van der Waals surface area (Å²) in [7, 11) is -0.0568. The molecule has 7 heteroatoms. The monoisotopic (exact) mass is 304 g/mol. The topological polar surface area (TPSA) is 81.4 Å². The van der Waals surface area contributed by atoms with Gasteiger partial charge in [-0.15, -0.1) is 0 Å². The van der Waals surface area contributed by atoms with Crippen molar-refractivity contribution in [2.45, 2.75) is 17.1 Å². The number of carbonyl (C=O) groups is 1. The van der Waals surface area contributed by atoms with E-state index in [9.17, 15) is 9.00 Å². The molecule has 1 aromatic carbocycles. The number of rotatable bonds is 6. The van der Waals surface area contributed by atoms with Crippen molar-refractivity contribution in [1.82, 2.24) is 5.32 Å². The van der Waals surface area contributed by atoms with Crippen molar-refractivity contribution in [3.8, 4) is 0 Å². The number of anilines is 1. The minimum atomic E-state index is -1.60. The molecular formula is C12H17ClN2O3S. The number of nitrogens with two attached hydrogens (primary N) is 1. The Morgan fingerprint density at radius 1 is 1.58 bits per heavy atom. The van der Waals surface area contributed by atoms with Crippen LogP contribution in [-0.4, -0.2) is 35.6 Å². The lowest BCUT2D eigenvalue weighted by Gasteiger charge is -2.14. The Kier molecular flexibility index (Phi) is 6.27. The summed E-state index contributed by atoms with van der Waals surface area (Å²) in [6.07, 6.45) is 0. The van der Waals surface area contributed by atoms with E-state index in [0.717, 1.165) is 0 Å².